The van der Waals surface area contributed by atoms with Gasteiger partial charge in [-0.1, -0.05) is 42.5 Å². The Kier molecular flexibility index (Phi) is 6.87. The molecule has 1 atom stereocenters. The van der Waals surface area contributed by atoms with Crippen molar-refractivity contribution in [3.63, 3.8) is 0 Å². The molecule has 2 aromatic carbocycles. The molecule has 0 saturated carbocycles. The van der Waals surface area contributed by atoms with E-state index in [0.717, 1.165) is 50.3 Å². The lowest BCUT2D eigenvalue weighted by molar-refractivity contribution is -0.143. The number of amides is 2. The minimum Gasteiger partial charge on any atom is -0.378 e. The summed E-state index contributed by atoms with van der Waals surface area (Å²) in [6.45, 7) is 4.54. The first-order valence-electron chi connectivity index (χ1n) is 11.1. The SMILES string of the molecule is CN(Cc1ccc(N2CCOCC2)cc1)C(=O)C1CCCN1C(=O)Cc1ccccc1. The fraction of sp³-hybridized carbons (Fsp3) is 0.440. The molecule has 0 spiro atoms. The maximum absolute atomic E-state index is 13.1. The third-order valence-corrected chi connectivity index (χ3v) is 6.16. The van der Waals surface area contributed by atoms with E-state index in [-0.39, 0.29) is 17.9 Å². The highest BCUT2D eigenvalue weighted by Gasteiger charge is 2.35. The number of likely N-dealkylation sites (N-methyl/N-ethyl adjacent to an activating group) is 1. The normalized spacial score (nSPS) is 18.8. The molecule has 2 fully saturated rings. The number of rotatable bonds is 6. The van der Waals surface area contributed by atoms with Gasteiger partial charge in [-0.05, 0) is 36.1 Å². The Balaban J connectivity index is 1.35. The van der Waals surface area contributed by atoms with Crippen LogP contribution in [-0.4, -0.2) is 67.6 Å². The minimum absolute atomic E-state index is 0.0242. The standard InChI is InChI=1S/C25H31N3O3/c1-26(19-21-9-11-22(12-10-21)27-14-16-31-17-15-27)25(30)23-8-5-13-28(23)24(29)18-20-6-3-2-4-7-20/h2-4,6-7,9-12,23H,5,8,13-19H2,1H3. The average Bonchev–Trinajstić information content (AvgIpc) is 3.30. The molecule has 0 N–H and O–H groups in total. The molecule has 2 amide bonds. The molecule has 2 saturated heterocycles. The predicted molar refractivity (Wildman–Crippen MR) is 121 cm³/mol. The Hall–Kier alpha value is -2.86. The topological polar surface area (TPSA) is 53.1 Å². The van der Waals surface area contributed by atoms with E-state index < -0.39 is 0 Å². The van der Waals surface area contributed by atoms with Crippen LogP contribution in [0.2, 0.25) is 0 Å². The quantitative estimate of drug-likeness (QED) is 0.720. The van der Waals surface area contributed by atoms with Crippen LogP contribution < -0.4 is 4.90 Å². The molecule has 31 heavy (non-hydrogen) atoms. The van der Waals surface area contributed by atoms with Crippen LogP contribution in [-0.2, 0) is 27.3 Å². The molecular weight excluding hydrogens is 390 g/mol. The molecule has 6 heteroatoms. The molecule has 0 aliphatic carbocycles. The van der Waals surface area contributed by atoms with E-state index in [0.29, 0.717) is 19.5 Å². The first-order chi connectivity index (χ1) is 15.1. The van der Waals surface area contributed by atoms with Gasteiger partial charge < -0.3 is 19.4 Å². The van der Waals surface area contributed by atoms with E-state index in [1.165, 1.54) is 5.69 Å². The number of hydrogen-bond acceptors (Lipinski definition) is 4. The van der Waals surface area contributed by atoms with Crippen LogP contribution in [0.3, 0.4) is 0 Å². The van der Waals surface area contributed by atoms with Crippen molar-refractivity contribution in [1.82, 2.24) is 9.80 Å². The van der Waals surface area contributed by atoms with Crippen LogP contribution in [0.1, 0.15) is 24.0 Å². The molecule has 2 aliphatic rings. The monoisotopic (exact) mass is 421 g/mol. The Labute approximate surface area is 184 Å². The van der Waals surface area contributed by atoms with Crippen molar-refractivity contribution in [2.75, 3.05) is 44.8 Å². The lowest BCUT2D eigenvalue weighted by Gasteiger charge is -2.29. The average molecular weight is 422 g/mol. The summed E-state index contributed by atoms with van der Waals surface area (Å²) >= 11 is 0. The third-order valence-electron chi connectivity index (χ3n) is 6.16. The Morgan fingerprint density at radius 1 is 0.968 bits per heavy atom. The van der Waals surface area contributed by atoms with Crippen LogP contribution in [0.5, 0.6) is 0 Å². The fourth-order valence-electron chi connectivity index (χ4n) is 4.43. The second kappa shape index (κ2) is 9.96. The summed E-state index contributed by atoms with van der Waals surface area (Å²) in [7, 11) is 1.83. The molecule has 2 heterocycles. The zero-order valence-corrected chi connectivity index (χ0v) is 18.2. The molecule has 2 aliphatic heterocycles. The van der Waals surface area contributed by atoms with Gasteiger partial charge in [0.2, 0.25) is 11.8 Å². The van der Waals surface area contributed by atoms with Crippen LogP contribution in [0.4, 0.5) is 5.69 Å². The number of anilines is 1. The second-order valence-electron chi connectivity index (χ2n) is 8.37. The highest BCUT2D eigenvalue weighted by atomic mass is 16.5. The van der Waals surface area contributed by atoms with Gasteiger partial charge in [-0.2, -0.15) is 0 Å². The van der Waals surface area contributed by atoms with E-state index in [1.54, 1.807) is 9.80 Å². The number of ether oxygens (including phenoxy) is 1. The first kappa shape index (κ1) is 21.4. The van der Waals surface area contributed by atoms with Crippen molar-refractivity contribution in [3.8, 4) is 0 Å². The summed E-state index contributed by atoms with van der Waals surface area (Å²) < 4.78 is 5.42. The van der Waals surface area contributed by atoms with Crippen LogP contribution >= 0.6 is 0 Å². The summed E-state index contributed by atoms with van der Waals surface area (Å²) in [5, 5.41) is 0. The summed E-state index contributed by atoms with van der Waals surface area (Å²) in [5.74, 6) is 0.0569. The van der Waals surface area contributed by atoms with Gasteiger partial charge in [0.1, 0.15) is 6.04 Å². The van der Waals surface area contributed by atoms with Crippen LogP contribution in [0.15, 0.2) is 54.6 Å². The van der Waals surface area contributed by atoms with Gasteiger partial charge in [-0.3, -0.25) is 9.59 Å². The Morgan fingerprint density at radius 2 is 1.68 bits per heavy atom. The van der Waals surface area contributed by atoms with Crippen molar-refractivity contribution in [3.05, 3.63) is 65.7 Å². The Bertz CT molecular complexity index is 879. The molecule has 0 aromatic heterocycles. The molecular formula is C25H31N3O3. The van der Waals surface area contributed by atoms with Gasteiger partial charge in [0.05, 0.1) is 19.6 Å². The second-order valence-corrected chi connectivity index (χ2v) is 8.37. The molecule has 6 nitrogen and oxygen atoms in total. The van der Waals surface area contributed by atoms with Gasteiger partial charge in [-0.25, -0.2) is 0 Å². The largest absolute Gasteiger partial charge is 0.378 e. The zero-order valence-electron chi connectivity index (χ0n) is 18.2. The van der Waals surface area contributed by atoms with E-state index >= 15 is 0 Å². The summed E-state index contributed by atoms with van der Waals surface area (Å²) in [5.41, 5.74) is 3.27. The molecule has 2 aromatic rings. The minimum atomic E-state index is -0.353. The van der Waals surface area contributed by atoms with Crippen molar-refractivity contribution in [2.45, 2.75) is 31.8 Å². The summed E-state index contributed by atoms with van der Waals surface area (Å²) in [6, 6.07) is 17.8. The maximum Gasteiger partial charge on any atom is 0.245 e. The number of hydrogen-bond donors (Lipinski definition) is 0. The van der Waals surface area contributed by atoms with Crippen molar-refractivity contribution >= 4 is 17.5 Å². The van der Waals surface area contributed by atoms with E-state index in [9.17, 15) is 9.59 Å². The number of carbonyl (C=O) groups excluding carboxylic acids is 2. The van der Waals surface area contributed by atoms with Crippen molar-refractivity contribution in [2.24, 2.45) is 0 Å². The predicted octanol–water partition coefficient (Wildman–Crippen LogP) is 2.72. The van der Waals surface area contributed by atoms with E-state index in [1.807, 2.05) is 37.4 Å². The van der Waals surface area contributed by atoms with Crippen LogP contribution in [0, 0.1) is 0 Å². The fourth-order valence-corrected chi connectivity index (χ4v) is 4.43. The molecule has 0 bridgehead atoms. The van der Waals surface area contributed by atoms with Gasteiger partial charge >= 0.3 is 0 Å². The smallest absolute Gasteiger partial charge is 0.245 e. The van der Waals surface area contributed by atoms with Gasteiger partial charge in [0, 0.05) is 38.9 Å². The number of morpholine rings is 1. The maximum atomic E-state index is 13.1. The van der Waals surface area contributed by atoms with Gasteiger partial charge in [0.25, 0.3) is 0 Å². The number of benzene rings is 2. The molecule has 0 radical (unpaired) electrons. The van der Waals surface area contributed by atoms with Crippen molar-refractivity contribution in [1.29, 1.82) is 0 Å². The highest BCUT2D eigenvalue weighted by Crippen LogP contribution is 2.22. The van der Waals surface area contributed by atoms with E-state index in [4.69, 9.17) is 4.74 Å². The summed E-state index contributed by atoms with van der Waals surface area (Å²) in [6.07, 6.45) is 1.95. The highest BCUT2D eigenvalue weighted by molar-refractivity contribution is 5.89. The molecule has 4 rings (SSSR count). The van der Waals surface area contributed by atoms with Gasteiger partial charge in [0.15, 0.2) is 0 Å². The molecule has 164 valence electrons. The van der Waals surface area contributed by atoms with Crippen LogP contribution in [0.25, 0.3) is 0 Å². The number of carbonyl (C=O) groups is 2. The summed E-state index contributed by atoms with van der Waals surface area (Å²) in [4.78, 5) is 31.8. The Morgan fingerprint density at radius 3 is 2.39 bits per heavy atom. The van der Waals surface area contributed by atoms with Crippen molar-refractivity contribution < 1.29 is 14.3 Å². The lowest BCUT2D eigenvalue weighted by atomic mass is 10.1. The number of likely N-dealkylation sites (tertiary alicyclic amines) is 1. The first-order valence-corrected chi connectivity index (χ1v) is 11.1. The van der Waals surface area contributed by atoms with Gasteiger partial charge in [-0.15, -0.1) is 0 Å². The third kappa shape index (κ3) is 5.25. The molecule has 1 unspecified atom stereocenters. The number of nitrogens with zero attached hydrogens (tertiary/aromatic N) is 3. The lowest BCUT2D eigenvalue weighted by Crippen LogP contribution is -2.46. The zero-order chi connectivity index (χ0) is 21.6. The van der Waals surface area contributed by atoms with E-state index in [2.05, 4.69) is 29.2 Å².